The van der Waals surface area contributed by atoms with Gasteiger partial charge in [0.25, 0.3) is 0 Å². The lowest BCUT2D eigenvalue weighted by molar-refractivity contribution is -0.120. The van der Waals surface area contributed by atoms with Crippen molar-refractivity contribution in [2.24, 2.45) is 5.92 Å². The molecule has 0 radical (unpaired) electrons. The Morgan fingerprint density at radius 1 is 1.00 bits per heavy atom. The van der Waals surface area contributed by atoms with Gasteiger partial charge in [-0.15, -0.1) is 0 Å². The summed E-state index contributed by atoms with van der Waals surface area (Å²) in [6.45, 7) is 0.288. The number of rotatable bonds is 6. The van der Waals surface area contributed by atoms with E-state index in [-0.39, 0.29) is 28.3 Å². The molecule has 0 spiro atoms. The smallest absolute Gasteiger partial charge is 0.337 e. The number of carbonyl (C=O) groups excluding carboxylic acids is 3. The van der Waals surface area contributed by atoms with Crippen molar-refractivity contribution in [1.82, 2.24) is 4.31 Å². The number of methoxy groups -OCH3 is 2. The zero-order valence-corrected chi connectivity index (χ0v) is 19.6. The number of carbonyl (C=O) groups is 3. The number of hydrogen-bond acceptors (Lipinski definition) is 7. The third-order valence-electron chi connectivity index (χ3n) is 5.25. The SMILES string of the molecule is COC(=O)c1cc(NC(=O)[C@H]2CCCN(S(=O)(=O)c3ccc(Cl)cc3)C2)cc(C(=O)OC)c1. The largest absolute Gasteiger partial charge is 0.465 e. The minimum absolute atomic E-state index is 0.00263. The number of sulfonamides is 1. The molecule has 0 unspecified atom stereocenters. The van der Waals surface area contributed by atoms with Crippen molar-refractivity contribution in [2.45, 2.75) is 17.7 Å². The number of piperidine rings is 1. The summed E-state index contributed by atoms with van der Waals surface area (Å²) in [5.41, 5.74) is 0.318. The zero-order chi connectivity index (χ0) is 24.2. The predicted molar refractivity (Wildman–Crippen MR) is 121 cm³/mol. The highest BCUT2D eigenvalue weighted by molar-refractivity contribution is 7.89. The van der Waals surface area contributed by atoms with Crippen LogP contribution in [0.15, 0.2) is 47.4 Å². The first-order valence-electron chi connectivity index (χ1n) is 10.0. The summed E-state index contributed by atoms with van der Waals surface area (Å²) in [6, 6.07) is 9.89. The van der Waals surface area contributed by atoms with E-state index in [0.717, 1.165) is 0 Å². The first-order chi connectivity index (χ1) is 15.6. The van der Waals surface area contributed by atoms with E-state index in [1.54, 1.807) is 0 Å². The van der Waals surface area contributed by atoms with Crippen molar-refractivity contribution in [1.29, 1.82) is 0 Å². The van der Waals surface area contributed by atoms with Gasteiger partial charge in [0.05, 0.1) is 36.2 Å². The molecule has 0 aromatic heterocycles. The zero-order valence-electron chi connectivity index (χ0n) is 18.0. The van der Waals surface area contributed by atoms with Crippen LogP contribution in [0.3, 0.4) is 0 Å². The van der Waals surface area contributed by atoms with Gasteiger partial charge in [-0.05, 0) is 55.3 Å². The minimum atomic E-state index is -3.79. The van der Waals surface area contributed by atoms with Crippen molar-refractivity contribution in [3.05, 3.63) is 58.6 Å². The molecule has 11 heteroatoms. The fourth-order valence-corrected chi connectivity index (χ4v) is 5.20. The molecule has 1 aliphatic heterocycles. The topological polar surface area (TPSA) is 119 Å². The Hall–Kier alpha value is -2.95. The van der Waals surface area contributed by atoms with Crippen LogP contribution in [0.2, 0.25) is 5.02 Å². The van der Waals surface area contributed by atoms with E-state index in [0.29, 0.717) is 24.4 Å². The van der Waals surface area contributed by atoms with Gasteiger partial charge in [0.2, 0.25) is 15.9 Å². The molecule has 1 N–H and O–H groups in total. The number of benzene rings is 2. The number of halogens is 1. The number of nitrogens with one attached hydrogen (secondary N) is 1. The van der Waals surface area contributed by atoms with Gasteiger partial charge in [0.1, 0.15) is 0 Å². The van der Waals surface area contributed by atoms with Crippen LogP contribution in [0, 0.1) is 5.92 Å². The highest BCUT2D eigenvalue weighted by atomic mass is 35.5. The predicted octanol–water partition coefficient (Wildman–Crippen LogP) is 2.95. The molecular formula is C22H23ClN2O7S. The lowest BCUT2D eigenvalue weighted by Crippen LogP contribution is -2.43. The Bertz CT molecular complexity index is 1130. The van der Waals surface area contributed by atoms with Gasteiger partial charge in [-0.25, -0.2) is 18.0 Å². The molecule has 1 amide bonds. The van der Waals surface area contributed by atoms with E-state index < -0.39 is 33.8 Å². The van der Waals surface area contributed by atoms with Crippen LogP contribution in [0.1, 0.15) is 33.6 Å². The second-order valence-electron chi connectivity index (χ2n) is 7.43. The standard InChI is InChI=1S/C22H23ClN2O7S/c1-31-21(27)15-10-16(22(28)32-2)12-18(11-15)24-20(26)14-4-3-9-25(13-14)33(29,30)19-7-5-17(23)6-8-19/h5-8,10-12,14H,3-4,9,13H2,1-2H3,(H,24,26)/t14-/m0/s1. The first kappa shape index (κ1) is 24.7. The van der Waals surface area contributed by atoms with Crippen molar-refractivity contribution >= 4 is 45.2 Å². The number of esters is 2. The summed E-state index contributed by atoms with van der Waals surface area (Å²) >= 11 is 5.85. The number of ether oxygens (including phenoxy) is 2. The molecule has 0 bridgehead atoms. The molecule has 1 aliphatic rings. The molecule has 0 saturated carbocycles. The lowest BCUT2D eigenvalue weighted by atomic mass is 9.98. The van der Waals surface area contributed by atoms with Crippen LogP contribution in [-0.2, 0) is 24.3 Å². The molecule has 1 atom stereocenters. The second kappa shape index (κ2) is 10.3. The normalized spacial score (nSPS) is 16.6. The molecule has 0 aliphatic carbocycles. The van der Waals surface area contributed by atoms with E-state index in [4.69, 9.17) is 21.1 Å². The fourth-order valence-electron chi connectivity index (χ4n) is 3.55. The van der Waals surface area contributed by atoms with Crippen LogP contribution in [0.4, 0.5) is 5.69 Å². The Kier molecular flexibility index (Phi) is 7.72. The fraction of sp³-hybridized carbons (Fsp3) is 0.318. The summed E-state index contributed by atoms with van der Waals surface area (Å²) in [6.07, 6.45) is 0.986. The molecule has 1 heterocycles. The quantitative estimate of drug-likeness (QED) is 0.613. The van der Waals surface area contributed by atoms with Crippen LogP contribution in [0.5, 0.6) is 0 Å². The number of amides is 1. The molecule has 176 valence electrons. The van der Waals surface area contributed by atoms with E-state index in [9.17, 15) is 22.8 Å². The number of hydrogen-bond donors (Lipinski definition) is 1. The van der Waals surface area contributed by atoms with Gasteiger partial charge < -0.3 is 14.8 Å². The molecule has 3 rings (SSSR count). The molecule has 9 nitrogen and oxygen atoms in total. The second-order valence-corrected chi connectivity index (χ2v) is 9.80. The van der Waals surface area contributed by atoms with Crippen LogP contribution in [-0.4, -0.2) is 57.9 Å². The molecule has 2 aromatic rings. The summed E-state index contributed by atoms with van der Waals surface area (Å²) < 4.78 is 36.6. The number of nitrogens with zero attached hydrogens (tertiary/aromatic N) is 1. The average Bonchev–Trinajstić information content (AvgIpc) is 2.83. The maximum Gasteiger partial charge on any atom is 0.337 e. The Balaban J connectivity index is 1.79. The first-order valence-corrected chi connectivity index (χ1v) is 11.9. The van der Waals surface area contributed by atoms with E-state index in [1.165, 1.54) is 61.0 Å². The maximum atomic E-state index is 13.0. The van der Waals surface area contributed by atoms with Crippen LogP contribution in [0.25, 0.3) is 0 Å². The van der Waals surface area contributed by atoms with Gasteiger partial charge in [-0.2, -0.15) is 4.31 Å². The summed E-state index contributed by atoms with van der Waals surface area (Å²) in [5.74, 6) is -2.42. The maximum absolute atomic E-state index is 13.0. The van der Waals surface area contributed by atoms with Gasteiger partial charge in [-0.3, -0.25) is 4.79 Å². The van der Waals surface area contributed by atoms with E-state index in [2.05, 4.69) is 5.32 Å². The summed E-state index contributed by atoms with van der Waals surface area (Å²) in [7, 11) is -1.39. The Labute approximate surface area is 196 Å². The van der Waals surface area contributed by atoms with Crippen molar-refractivity contribution in [3.63, 3.8) is 0 Å². The van der Waals surface area contributed by atoms with Gasteiger partial charge in [-0.1, -0.05) is 11.6 Å². The molecule has 1 saturated heterocycles. The highest BCUT2D eigenvalue weighted by Gasteiger charge is 2.33. The van der Waals surface area contributed by atoms with Gasteiger partial charge >= 0.3 is 11.9 Å². The summed E-state index contributed by atoms with van der Waals surface area (Å²) in [4.78, 5) is 37.0. The van der Waals surface area contributed by atoms with Crippen molar-refractivity contribution < 1.29 is 32.3 Å². The molecule has 2 aromatic carbocycles. The third kappa shape index (κ3) is 5.70. The minimum Gasteiger partial charge on any atom is -0.465 e. The van der Waals surface area contributed by atoms with Crippen molar-refractivity contribution in [3.8, 4) is 0 Å². The molecule has 1 fully saturated rings. The molecule has 33 heavy (non-hydrogen) atoms. The average molecular weight is 495 g/mol. The Morgan fingerprint density at radius 2 is 1.58 bits per heavy atom. The monoisotopic (exact) mass is 494 g/mol. The highest BCUT2D eigenvalue weighted by Crippen LogP contribution is 2.26. The van der Waals surface area contributed by atoms with Crippen LogP contribution >= 0.6 is 11.6 Å². The summed E-state index contributed by atoms with van der Waals surface area (Å²) in [5, 5.41) is 3.10. The van der Waals surface area contributed by atoms with Gasteiger partial charge in [0.15, 0.2) is 0 Å². The van der Waals surface area contributed by atoms with Crippen LogP contribution < -0.4 is 5.32 Å². The third-order valence-corrected chi connectivity index (χ3v) is 7.38. The number of anilines is 1. The molecular weight excluding hydrogens is 472 g/mol. The van der Waals surface area contributed by atoms with Crippen molar-refractivity contribution in [2.75, 3.05) is 32.6 Å². The van der Waals surface area contributed by atoms with E-state index in [1.807, 2.05) is 0 Å². The Morgan fingerprint density at radius 3 is 2.12 bits per heavy atom. The lowest BCUT2D eigenvalue weighted by Gasteiger charge is -2.31. The van der Waals surface area contributed by atoms with E-state index >= 15 is 0 Å². The van der Waals surface area contributed by atoms with Gasteiger partial charge in [0, 0.05) is 23.8 Å².